The second-order valence-electron chi connectivity index (χ2n) is 9.29. The molecule has 0 bridgehead atoms. The van der Waals surface area contributed by atoms with Gasteiger partial charge in [-0.25, -0.2) is 13.1 Å². The Morgan fingerprint density at radius 3 is 2.41 bits per heavy atom. The van der Waals surface area contributed by atoms with Crippen LogP contribution in [0.4, 0.5) is 11.4 Å². The molecule has 6 nitrogen and oxygen atoms in total. The number of sulfonamides is 1. The molecule has 0 unspecified atom stereocenters. The summed E-state index contributed by atoms with van der Waals surface area (Å²) in [6, 6.07) is 13.0. The summed E-state index contributed by atoms with van der Waals surface area (Å²) in [7, 11) is -3.67. The van der Waals surface area contributed by atoms with Crippen molar-refractivity contribution in [3.8, 4) is 0 Å². The summed E-state index contributed by atoms with van der Waals surface area (Å²) in [4.78, 5) is 16.9. The number of piperidine rings is 1. The molecule has 2 fully saturated rings. The normalized spacial score (nSPS) is 19.7. The number of amides is 1. The third-order valence-electron chi connectivity index (χ3n) is 6.90. The van der Waals surface area contributed by atoms with E-state index >= 15 is 0 Å². The maximum Gasteiger partial charge on any atom is 0.241 e. The number of carbonyl (C=O) groups is 1. The molecule has 0 radical (unpaired) electrons. The quantitative estimate of drug-likeness (QED) is 0.717. The molecule has 1 amide bonds. The Morgan fingerprint density at radius 2 is 1.72 bits per heavy atom. The van der Waals surface area contributed by atoms with Crippen molar-refractivity contribution in [3.63, 3.8) is 0 Å². The van der Waals surface area contributed by atoms with Gasteiger partial charge in [0.15, 0.2) is 0 Å². The van der Waals surface area contributed by atoms with Crippen molar-refractivity contribution >= 4 is 27.3 Å². The molecule has 2 heterocycles. The van der Waals surface area contributed by atoms with E-state index in [4.69, 9.17) is 0 Å². The lowest BCUT2D eigenvalue weighted by Gasteiger charge is -2.29. The minimum Gasteiger partial charge on any atom is -0.372 e. The smallest absolute Gasteiger partial charge is 0.241 e. The number of hydrogen-bond acceptors (Lipinski definition) is 4. The first-order valence-electron chi connectivity index (χ1n) is 11.7. The van der Waals surface area contributed by atoms with Crippen LogP contribution in [-0.4, -0.2) is 34.0 Å². The molecule has 7 heteroatoms. The first-order chi connectivity index (χ1) is 15.4. The molecule has 1 aliphatic carbocycles. The van der Waals surface area contributed by atoms with Crippen LogP contribution in [0.15, 0.2) is 47.4 Å². The molecule has 3 aliphatic rings. The molecule has 2 aliphatic heterocycles. The van der Waals surface area contributed by atoms with Crippen molar-refractivity contribution in [3.05, 3.63) is 53.6 Å². The fraction of sp³-hybridized carbons (Fsp3) is 0.480. The highest BCUT2D eigenvalue weighted by molar-refractivity contribution is 7.89. The van der Waals surface area contributed by atoms with Gasteiger partial charge >= 0.3 is 0 Å². The number of anilines is 2. The van der Waals surface area contributed by atoms with E-state index in [9.17, 15) is 13.2 Å². The highest BCUT2D eigenvalue weighted by Crippen LogP contribution is 2.37. The van der Waals surface area contributed by atoms with Crippen molar-refractivity contribution in [2.24, 2.45) is 5.92 Å². The lowest BCUT2D eigenvalue weighted by molar-refractivity contribution is -0.119. The monoisotopic (exact) mass is 453 g/mol. The van der Waals surface area contributed by atoms with Gasteiger partial charge in [0, 0.05) is 43.0 Å². The van der Waals surface area contributed by atoms with Gasteiger partial charge in [-0.15, -0.1) is 0 Å². The van der Waals surface area contributed by atoms with Crippen LogP contribution in [0.25, 0.3) is 0 Å². The van der Waals surface area contributed by atoms with Gasteiger partial charge in [-0.3, -0.25) is 4.79 Å². The Balaban J connectivity index is 1.28. The van der Waals surface area contributed by atoms with Gasteiger partial charge in [0.25, 0.3) is 0 Å². The van der Waals surface area contributed by atoms with Crippen LogP contribution in [0.3, 0.4) is 0 Å². The first-order valence-corrected chi connectivity index (χ1v) is 13.2. The van der Waals surface area contributed by atoms with Crippen LogP contribution in [0.5, 0.6) is 0 Å². The highest BCUT2D eigenvalue weighted by atomic mass is 32.2. The predicted molar refractivity (Wildman–Crippen MR) is 126 cm³/mol. The Morgan fingerprint density at radius 1 is 1.00 bits per heavy atom. The molecule has 2 aromatic rings. The van der Waals surface area contributed by atoms with E-state index in [0.29, 0.717) is 13.0 Å². The number of rotatable bonds is 6. The van der Waals surface area contributed by atoms with Gasteiger partial charge < -0.3 is 9.80 Å². The third-order valence-corrected chi connectivity index (χ3v) is 8.43. The number of hydrogen-bond donors (Lipinski definition) is 1. The predicted octanol–water partition coefficient (Wildman–Crippen LogP) is 4.02. The zero-order valence-corrected chi connectivity index (χ0v) is 19.4. The lowest BCUT2D eigenvalue weighted by Crippen LogP contribution is -2.30. The lowest BCUT2D eigenvalue weighted by atomic mass is 10.1. The first kappa shape index (κ1) is 21.5. The summed E-state index contributed by atoms with van der Waals surface area (Å²) in [6.07, 6.45) is 6.39. The molecule has 1 saturated carbocycles. The molecule has 170 valence electrons. The second-order valence-corrected chi connectivity index (χ2v) is 11.0. The largest absolute Gasteiger partial charge is 0.372 e. The number of nitrogens with one attached hydrogen (secondary N) is 1. The standard InChI is InChI=1S/C25H31N3O3S/c1-18(19-7-9-22(10-8-19)27-14-3-2-4-15-27)26-32(30,31)23-11-12-24-21(17-23)13-16-28(24)25(29)20-5-6-20/h7-12,17-18,20,26H,2-6,13-16H2,1H3/t18-/m0/s1. The molecular weight excluding hydrogens is 422 g/mol. The molecule has 1 atom stereocenters. The third kappa shape index (κ3) is 4.28. The van der Waals surface area contributed by atoms with Gasteiger partial charge in [0.2, 0.25) is 15.9 Å². The molecule has 1 saturated heterocycles. The van der Waals surface area contributed by atoms with Gasteiger partial charge in [0.05, 0.1) is 4.90 Å². The SMILES string of the molecule is C[C@H](NS(=O)(=O)c1ccc2c(c1)CCN2C(=O)C1CC1)c1ccc(N2CCCCC2)cc1. The number of carbonyl (C=O) groups excluding carboxylic acids is 1. The molecule has 0 spiro atoms. The molecular formula is C25H31N3O3S. The second kappa shape index (κ2) is 8.52. The summed E-state index contributed by atoms with van der Waals surface area (Å²) in [5, 5.41) is 0. The fourth-order valence-electron chi connectivity index (χ4n) is 4.82. The van der Waals surface area contributed by atoms with Crippen molar-refractivity contribution in [1.82, 2.24) is 4.72 Å². The Hall–Kier alpha value is -2.38. The van der Waals surface area contributed by atoms with Crippen molar-refractivity contribution in [1.29, 1.82) is 0 Å². The van der Waals surface area contributed by atoms with Crippen LogP contribution in [-0.2, 0) is 21.2 Å². The number of benzene rings is 2. The van der Waals surface area contributed by atoms with Gasteiger partial charge in [-0.1, -0.05) is 12.1 Å². The zero-order chi connectivity index (χ0) is 22.3. The maximum absolute atomic E-state index is 13.1. The van der Waals surface area contributed by atoms with Crippen molar-refractivity contribution in [2.75, 3.05) is 29.4 Å². The summed E-state index contributed by atoms with van der Waals surface area (Å²) in [6.45, 7) is 4.69. The zero-order valence-electron chi connectivity index (χ0n) is 18.6. The Labute approximate surface area is 190 Å². The van der Waals surface area contributed by atoms with Crippen molar-refractivity contribution < 1.29 is 13.2 Å². The van der Waals surface area contributed by atoms with E-state index in [1.165, 1.54) is 24.9 Å². The Bertz CT molecular complexity index is 1100. The minimum atomic E-state index is -3.67. The van der Waals surface area contributed by atoms with E-state index in [-0.39, 0.29) is 22.8 Å². The molecule has 2 aromatic carbocycles. The topological polar surface area (TPSA) is 69.7 Å². The molecule has 5 rings (SSSR count). The summed E-state index contributed by atoms with van der Waals surface area (Å²) >= 11 is 0. The summed E-state index contributed by atoms with van der Waals surface area (Å²) < 4.78 is 28.9. The molecule has 32 heavy (non-hydrogen) atoms. The van der Waals surface area contributed by atoms with Crippen LogP contribution in [0.2, 0.25) is 0 Å². The average Bonchev–Trinajstić information content (AvgIpc) is 3.58. The van der Waals surface area contributed by atoms with Gasteiger partial charge in [-0.2, -0.15) is 0 Å². The van der Waals surface area contributed by atoms with E-state index in [1.54, 1.807) is 18.2 Å². The summed E-state index contributed by atoms with van der Waals surface area (Å²) in [5.74, 6) is 0.340. The Kier molecular flexibility index (Phi) is 5.72. The molecule has 0 aromatic heterocycles. The average molecular weight is 454 g/mol. The fourth-order valence-corrected chi connectivity index (χ4v) is 6.10. The van der Waals surface area contributed by atoms with E-state index in [1.807, 2.05) is 24.0 Å². The number of fused-ring (bicyclic) bond motifs is 1. The van der Waals surface area contributed by atoms with Gasteiger partial charge in [0.1, 0.15) is 0 Å². The van der Waals surface area contributed by atoms with Crippen LogP contribution in [0, 0.1) is 5.92 Å². The highest BCUT2D eigenvalue weighted by Gasteiger charge is 2.36. The van der Waals surface area contributed by atoms with Crippen LogP contribution in [0.1, 0.15) is 56.2 Å². The maximum atomic E-state index is 13.1. The van der Waals surface area contributed by atoms with Gasteiger partial charge in [-0.05, 0) is 86.9 Å². The van der Waals surface area contributed by atoms with Crippen LogP contribution >= 0.6 is 0 Å². The van der Waals surface area contributed by atoms with E-state index in [2.05, 4.69) is 21.8 Å². The van der Waals surface area contributed by atoms with E-state index < -0.39 is 10.0 Å². The summed E-state index contributed by atoms with van der Waals surface area (Å²) in [5.41, 5.74) is 3.94. The van der Waals surface area contributed by atoms with E-state index in [0.717, 1.165) is 42.7 Å². The number of nitrogens with zero attached hydrogens (tertiary/aromatic N) is 2. The molecule has 1 N–H and O–H groups in total. The van der Waals surface area contributed by atoms with Crippen molar-refractivity contribution in [2.45, 2.75) is 56.4 Å². The van der Waals surface area contributed by atoms with Crippen LogP contribution < -0.4 is 14.5 Å². The minimum absolute atomic E-state index is 0.160.